The first kappa shape index (κ1) is 13.7. The quantitative estimate of drug-likeness (QED) is 0.861. The van der Waals surface area contributed by atoms with Gasteiger partial charge < -0.3 is 10.4 Å². The highest BCUT2D eigenvalue weighted by Gasteiger charge is 2.14. The number of nitrogens with zero attached hydrogens (tertiary/aromatic N) is 2. The van der Waals surface area contributed by atoms with E-state index in [9.17, 15) is 5.11 Å². The number of aromatic nitrogens is 2. The van der Waals surface area contributed by atoms with Crippen LogP contribution in [0.25, 0.3) is 0 Å². The maximum Gasteiger partial charge on any atom is 0.0738 e. The predicted octanol–water partition coefficient (Wildman–Crippen LogP) is 1.39. The Hall–Kier alpha value is -0.390. The Labute approximate surface area is 105 Å². The largest absolute Gasteiger partial charge is 0.391 e. The summed E-state index contributed by atoms with van der Waals surface area (Å²) in [5, 5.41) is 17.4. The van der Waals surface area contributed by atoms with Crippen LogP contribution in [-0.4, -0.2) is 33.6 Å². The van der Waals surface area contributed by atoms with Gasteiger partial charge in [-0.3, -0.25) is 4.68 Å². The highest BCUT2D eigenvalue weighted by molar-refractivity contribution is 9.10. The molecule has 1 aromatic heterocycles. The van der Waals surface area contributed by atoms with E-state index in [1.165, 1.54) is 0 Å². The number of hydrogen-bond acceptors (Lipinski definition) is 3. The van der Waals surface area contributed by atoms with Crippen molar-refractivity contribution in [2.24, 2.45) is 7.05 Å². The zero-order chi connectivity index (χ0) is 12.3. The lowest BCUT2D eigenvalue weighted by Crippen LogP contribution is -2.33. The third-order valence-corrected chi connectivity index (χ3v) is 3.48. The van der Waals surface area contributed by atoms with Gasteiger partial charge in [0.15, 0.2) is 0 Å². The molecular weight excluding hydrogens is 270 g/mol. The summed E-state index contributed by atoms with van der Waals surface area (Å²) in [6.07, 6.45) is 0.228. The lowest BCUT2D eigenvalue weighted by molar-refractivity contribution is 0.166. The molecular formula is C11H20BrN3O. The van der Waals surface area contributed by atoms with Crippen LogP contribution in [0.2, 0.25) is 0 Å². The van der Waals surface area contributed by atoms with E-state index in [1.807, 2.05) is 18.7 Å². The molecule has 0 saturated carbocycles. The highest BCUT2D eigenvalue weighted by atomic mass is 79.9. The third-order valence-electron chi connectivity index (χ3n) is 2.45. The molecule has 92 valence electrons. The van der Waals surface area contributed by atoms with Crippen molar-refractivity contribution in [3.05, 3.63) is 15.9 Å². The molecule has 0 amide bonds. The lowest BCUT2D eigenvalue weighted by atomic mass is 10.2. The predicted molar refractivity (Wildman–Crippen MR) is 68.5 cm³/mol. The molecule has 2 N–H and O–H groups in total. The molecule has 1 atom stereocenters. The van der Waals surface area contributed by atoms with Crippen molar-refractivity contribution in [1.82, 2.24) is 15.1 Å². The Morgan fingerprint density at radius 2 is 2.12 bits per heavy atom. The van der Waals surface area contributed by atoms with Gasteiger partial charge in [0.25, 0.3) is 0 Å². The number of aryl methyl sites for hydroxylation is 2. The van der Waals surface area contributed by atoms with E-state index in [0.29, 0.717) is 19.0 Å². The van der Waals surface area contributed by atoms with Gasteiger partial charge in [-0.25, -0.2) is 0 Å². The summed E-state index contributed by atoms with van der Waals surface area (Å²) in [5.41, 5.74) is 2.00. The highest BCUT2D eigenvalue weighted by Crippen LogP contribution is 2.21. The summed E-state index contributed by atoms with van der Waals surface area (Å²) in [6.45, 7) is 6.69. The van der Waals surface area contributed by atoms with Gasteiger partial charge in [0, 0.05) is 26.1 Å². The van der Waals surface area contributed by atoms with Gasteiger partial charge in [-0.2, -0.15) is 5.10 Å². The van der Waals surface area contributed by atoms with Crippen LogP contribution in [0.1, 0.15) is 25.2 Å². The topological polar surface area (TPSA) is 50.1 Å². The minimum absolute atomic E-state index is 0.381. The first-order chi connectivity index (χ1) is 7.41. The van der Waals surface area contributed by atoms with Crippen molar-refractivity contribution >= 4 is 15.9 Å². The fraction of sp³-hybridized carbons (Fsp3) is 0.727. The van der Waals surface area contributed by atoms with Crippen molar-refractivity contribution in [3.8, 4) is 0 Å². The monoisotopic (exact) mass is 289 g/mol. The van der Waals surface area contributed by atoms with Crippen LogP contribution in [0, 0.1) is 6.92 Å². The molecule has 1 aromatic rings. The minimum atomic E-state index is -0.381. The van der Waals surface area contributed by atoms with E-state index >= 15 is 0 Å². The summed E-state index contributed by atoms with van der Waals surface area (Å²) in [7, 11) is 1.90. The number of aliphatic hydroxyl groups excluding tert-OH is 1. The van der Waals surface area contributed by atoms with Crippen LogP contribution in [0.3, 0.4) is 0 Å². The molecule has 0 radical (unpaired) electrons. The Kier molecular flexibility index (Phi) is 4.95. The normalized spacial score (nSPS) is 13.4. The molecule has 1 rings (SSSR count). The molecule has 4 nitrogen and oxygen atoms in total. The average molecular weight is 290 g/mol. The fourth-order valence-corrected chi connectivity index (χ4v) is 2.07. The molecule has 0 bridgehead atoms. The van der Waals surface area contributed by atoms with Gasteiger partial charge in [-0.1, -0.05) is 13.8 Å². The average Bonchev–Trinajstić information content (AvgIpc) is 2.42. The molecule has 0 fully saturated rings. The van der Waals surface area contributed by atoms with E-state index in [1.54, 1.807) is 0 Å². The summed E-state index contributed by atoms with van der Waals surface area (Å²) in [5.74, 6) is 0. The summed E-state index contributed by atoms with van der Waals surface area (Å²) in [6, 6.07) is 0.395. The van der Waals surface area contributed by atoms with Gasteiger partial charge in [0.05, 0.1) is 22.0 Å². The van der Waals surface area contributed by atoms with Crippen molar-refractivity contribution in [3.63, 3.8) is 0 Å². The van der Waals surface area contributed by atoms with E-state index in [-0.39, 0.29) is 6.10 Å². The smallest absolute Gasteiger partial charge is 0.0738 e. The van der Waals surface area contributed by atoms with Crippen LogP contribution in [0.5, 0.6) is 0 Å². The van der Waals surface area contributed by atoms with Crippen molar-refractivity contribution in [2.75, 3.05) is 6.54 Å². The molecule has 16 heavy (non-hydrogen) atoms. The van der Waals surface area contributed by atoms with Crippen molar-refractivity contribution < 1.29 is 5.11 Å². The van der Waals surface area contributed by atoms with Gasteiger partial charge in [-0.05, 0) is 22.9 Å². The number of nitrogens with one attached hydrogen (secondary N) is 1. The van der Waals surface area contributed by atoms with E-state index in [2.05, 4.69) is 40.2 Å². The van der Waals surface area contributed by atoms with Crippen LogP contribution < -0.4 is 5.32 Å². The zero-order valence-corrected chi connectivity index (χ0v) is 11.9. The Bertz CT molecular complexity index is 349. The second kappa shape index (κ2) is 5.80. The van der Waals surface area contributed by atoms with Gasteiger partial charge in [-0.15, -0.1) is 0 Å². The molecule has 0 aliphatic carbocycles. The fourth-order valence-electron chi connectivity index (χ4n) is 1.57. The summed E-state index contributed by atoms with van der Waals surface area (Å²) >= 11 is 3.49. The molecule has 1 heterocycles. The maximum atomic E-state index is 9.89. The number of halogens is 1. The molecule has 0 spiro atoms. The molecule has 0 aliphatic rings. The van der Waals surface area contributed by atoms with E-state index in [4.69, 9.17) is 0 Å². The molecule has 0 aromatic carbocycles. The Morgan fingerprint density at radius 1 is 1.50 bits per heavy atom. The van der Waals surface area contributed by atoms with Crippen LogP contribution in [0.4, 0.5) is 0 Å². The van der Waals surface area contributed by atoms with Crippen molar-refractivity contribution in [1.29, 1.82) is 0 Å². The molecule has 5 heteroatoms. The maximum absolute atomic E-state index is 9.89. The van der Waals surface area contributed by atoms with Crippen LogP contribution >= 0.6 is 15.9 Å². The standard InChI is InChI=1S/C11H20BrN3O/c1-7(2)13-6-9(16)5-10-11(12)8(3)14-15(10)4/h7,9,13,16H,5-6H2,1-4H3. The van der Waals surface area contributed by atoms with E-state index in [0.717, 1.165) is 15.9 Å². The number of hydrogen-bond donors (Lipinski definition) is 2. The second-order valence-electron chi connectivity index (χ2n) is 4.39. The summed E-state index contributed by atoms with van der Waals surface area (Å²) < 4.78 is 2.82. The first-order valence-electron chi connectivity index (χ1n) is 5.51. The van der Waals surface area contributed by atoms with Crippen LogP contribution in [0.15, 0.2) is 4.47 Å². The molecule has 1 unspecified atom stereocenters. The molecule has 0 saturated heterocycles. The zero-order valence-electron chi connectivity index (χ0n) is 10.3. The van der Waals surface area contributed by atoms with Gasteiger partial charge in [0.1, 0.15) is 0 Å². The number of aliphatic hydroxyl groups is 1. The lowest BCUT2D eigenvalue weighted by Gasteiger charge is -2.14. The third kappa shape index (κ3) is 3.57. The van der Waals surface area contributed by atoms with Gasteiger partial charge in [0.2, 0.25) is 0 Å². The SMILES string of the molecule is Cc1nn(C)c(CC(O)CNC(C)C)c1Br. The first-order valence-corrected chi connectivity index (χ1v) is 6.30. The minimum Gasteiger partial charge on any atom is -0.391 e. The summed E-state index contributed by atoms with van der Waals surface area (Å²) in [4.78, 5) is 0. The Morgan fingerprint density at radius 3 is 2.56 bits per heavy atom. The Balaban J connectivity index is 2.59. The second-order valence-corrected chi connectivity index (χ2v) is 5.18. The number of rotatable bonds is 5. The van der Waals surface area contributed by atoms with Crippen molar-refractivity contribution in [2.45, 2.75) is 39.3 Å². The van der Waals surface area contributed by atoms with Gasteiger partial charge >= 0.3 is 0 Å². The van der Waals surface area contributed by atoms with E-state index < -0.39 is 0 Å². The molecule has 0 aliphatic heterocycles. The van der Waals surface area contributed by atoms with Crippen LogP contribution in [-0.2, 0) is 13.5 Å².